The van der Waals surface area contributed by atoms with Gasteiger partial charge in [-0.15, -0.1) is 11.3 Å². The number of hydrogen-bond donors (Lipinski definition) is 1. The molecule has 5 aromatic rings. The summed E-state index contributed by atoms with van der Waals surface area (Å²) >= 11 is 1.55. The van der Waals surface area contributed by atoms with Crippen LogP contribution in [0.3, 0.4) is 0 Å². The number of nitrogens with zero attached hydrogens (tertiary/aromatic N) is 4. The van der Waals surface area contributed by atoms with Crippen molar-refractivity contribution in [3.63, 3.8) is 0 Å². The topological polar surface area (TPSA) is 116 Å². The lowest BCUT2D eigenvalue weighted by Gasteiger charge is -2.32. The van der Waals surface area contributed by atoms with Crippen molar-refractivity contribution in [2.45, 2.75) is 25.4 Å². The van der Waals surface area contributed by atoms with Crippen molar-refractivity contribution in [3.8, 4) is 39.1 Å². The lowest BCUT2D eigenvalue weighted by molar-refractivity contribution is 0.100. The molecule has 3 aromatic carbocycles. The summed E-state index contributed by atoms with van der Waals surface area (Å²) in [5.41, 5.74) is 3.85. The molecule has 10 nitrogen and oxygen atoms in total. The Bertz CT molecular complexity index is 1980. The molecule has 0 atom stereocenters. The van der Waals surface area contributed by atoms with E-state index in [2.05, 4.69) is 27.3 Å². The zero-order valence-electron chi connectivity index (χ0n) is 27.6. The minimum atomic E-state index is -3.01. The third-order valence-corrected chi connectivity index (χ3v) is 10.2. The van der Waals surface area contributed by atoms with Crippen molar-refractivity contribution in [1.82, 2.24) is 19.9 Å². The Morgan fingerprint density at radius 3 is 2.37 bits per heavy atom. The fraction of sp³-hybridized carbons (Fsp3) is 0.306. The second-order valence-electron chi connectivity index (χ2n) is 11.9. The van der Waals surface area contributed by atoms with Crippen LogP contribution in [0.2, 0.25) is 0 Å². The molecule has 256 valence electrons. The summed E-state index contributed by atoms with van der Waals surface area (Å²) in [6, 6.07) is 22.3. The van der Waals surface area contributed by atoms with Gasteiger partial charge in [-0.25, -0.2) is 27.8 Å². The van der Waals surface area contributed by atoms with Gasteiger partial charge in [0.25, 0.3) is 0 Å². The van der Waals surface area contributed by atoms with Crippen molar-refractivity contribution in [1.29, 1.82) is 0 Å². The van der Waals surface area contributed by atoms with Gasteiger partial charge in [0.1, 0.15) is 27.4 Å². The van der Waals surface area contributed by atoms with Gasteiger partial charge in [0.05, 0.1) is 41.2 Å². The second kappa shape index (κ2) is 15.3. The Morgan fingerprint density at radius 2 is 1.69 bits per heavy atom. The maximum absolute atomic E-state index is 15.2. The molecule has 2 aromatic heterocycles. The van der Waals surface area contributed by atoms with Gasteiger partial charge in [0.15, 0.2) is 11.6 Å². The molecule has 49 heavy (non-hydrogen) atoms. The molecule has 13 heteroatoms. The molecule has 0 aliphatic carbocycles. The first-order valence-electron chi connectivity index (χ1n) is 15.9. The van der Waals surface area contributed by atoms with Crippen LogP contribution in [0.1, 0.15) is 23.4 Å². The van der Waals surface area contributed by atoms with Gasteiger partial charge in [-0.1, -0.05) is 30.3 Å². The largest absolute Gasteiger partial charge is 0.497 e. The molecule has 0 radical (unpaired) electrons. The van der Waals surface area contributed by atoms with Gasteiger partial charge in [-0.3, -0.25) is 0 Å². The molecule has 0 bridgehead atoms. The number of halogens is 1. The molecule has 1 aliphatic heterocycles. The fourth-order valence-electron chi connectivity index (χ4n) is 5.60. The maximum Gasteiger partial charge on any atom is 0.227 e. The van der Waals surface area contributed by atoms with Gasteiger partial charge in [0, 0.05) is 61.9 Å². The number of hydrogen-bond acceptors (Lipinski definition) is 11. The summed E-state index contributed by atoms with van der Waals surface area (Å²) in [6.45, 7) is 1.91. The Kier molecular flexibility index (Phi) is 10.7. The first-order valence-corrected chi connectivity index (χ1v) is 18.8. The highest BCUT2D eigenvalue weighted by molar-refractivity contribution is 7.90. The third kappa shape index (κ3) is 9.11. The predicted molar refractivity (Wildman–Crippen MR) is 190 cm³/mol. The summed E-state index contributed by atoms with van der Waals surface area (Å²) in [6.07, 6.45) is 4.80. The molecule has 0 unspecified atom stereocenters. The van der Waals surface area contributed by atoms with Gasteiger partial charge < -0.3 is 24.4 Å². The Hall–Kier alpha value is -4.59. The van der Waals surface area contributed by atoms with Gasteiger partial charge >= 0.3 is 0 Å². The first-order chi connectivity index (χ1) is 23.7. The van der Waals surface area contributed by atoms with E-state index in [4.69, 9.17) is 24.2 Å². The Balaban J connectivity index is 1.20. The Labute approximate surface area is 289 Å². The van der Waals surface area contributed by atoms with Crippen molar-refractivity contribution in [2.75, 3.05) is 51.2 Å². The van der Waals surface area contributed by atoms with E-state index in [0.717, 1.165) is 26.7 Å². The van der Waals surface area contributed by atoms with E-state index in [1.165, 1.54) is 12.3 Å². The molecule has 1 fully saturated rings. The first kappa shape index (κ1) is 34.3. The smallest absolute Gasteiger partial charge is 0.227 e. The van der Waals surface area contributed by atoms with Crippen molar-refractivity contribution in [2.24, 2.45) is 0 Å². The second-order valence-corrected chi connectivity index (χ2v) is 15.2. The van der Waals surface area contributed by atoms with E-state index < -0.39 is 15.7 Å². The number of anilines is 2. The molecule has 0 amide bonds. The van der Waals surface area contributed by atoms with Crippen molar-refractivity contribution in [3.05, 3.63) is 95.4 Å². The van der Waals surface area contributed by atoms with Gasteiger partial charge in [-0.2, -0.15) is 0 Å². The molecule has 1 saturated heterocycles. The zero-order chi connectivity index (χ0) is 34.4. The minimum Gasteiger partial charge on any atom is -0.497 e. The van der Waals surface area contributed by atoms with E-state index in [1.807, 2.05) is 42.5 Å². The number of benzene rings is 3. The highest BCUT2D eigenvalue weighted by atomic mass is 32.2. The standard InChI is InChI=1S/C36H38FN5O5S2/c1-45-28-20-25(21-29(23-28)46-2)34-35(48-33(41-34)19-24-7-5-4-6-8-24)31-11-14-38-36(40-31)39-26-9-10-32(30(37)22-26)47-27-12-15-42(16-13-27)17-18-49(3,43)44/h4-11,14,20-23,27H,12-13,15-19H2,1-3H3,(H,38,39,40). The van der Waals surface area contributed by atoms with Crippen LogP contribution >= 0.6 is 11.3 Å². The average molecular weight is 704 g/mol. The molecule has 1 aliphatic rings. The average Bonchev–Trinajstić information content (AvgIpc) is 3.53. The summed E-state index contributed by atoms with van der Waals surface area (Å²) in [5, 5.41) is 4.05. The van der Waals surface area contributed by atoms with Crippen LogP contribution in [0.15, 0.2) is 79.0 Å². The van der Waals surface area contributed by atoms with Crippen molar-refractivity contribution < 1.29 is 27.0 Å². The Morgan fingerprint density at radius 1 is 0.959 bits per heavy atom. The van der Waals surface area contributed by atoms with Crippen LogP contribution in [0.25, 0.3) is 21.8 Å². The monoisotopic (exact) mass is 703 g/mol. The number of piperidine rings is 1. The highest BCUT2D eigenvalue weighted by Crippen LogP contribution is 2.40. The highest BCUT2D eigenvalue weighted by Gasteiger charge is 2.23. The van der Waals surface area contributed by atoms with Gasteiger partial charge in [0.2, 0.25) is 5.95 Å². The van der Waals surface area contributed by atoms with Crippen molar-refractivity contribution >= 4 is 32.8 Å². The predicted octanol–water partition coefficient (Wildman–Crippen LogP) is 6.65. The normalized spacial score (nSPS) is 14.0. The van der Waals surface area contributed by atoms with Crippen LogP contribution in [0.5, 0.6) is 17.2 Å². The lowest BCUT2D eigenvalue weighted by Crippen LogP contribution is -2.40. The van der Waals surface area contributed by atoms with E-state index in [9.17, 15) is 8.42 Å². The lowest BCUT2D eigenvalue weighted by atomic mass is 10.1. The fourth-order valence-corrected chi connectivity index (χ4v) is 7.28. The molecule has 6 rings (SSSR count). The number of ether oxygens (including phenoxy) is 3. The van der Waals surface area contributed by atoms with Crippen LogP contribution in [0, 0.1) is 5.82 Å². The van der Waals surface area contributed by atoms with Gasteiger partial charge in [-0.05, 0) is 48.7 Å². The number of aromatic nitrogens is 3. The molecule has 0 spiro atoms. The summed E-state index contributed by atoms with van der Waals surface area (Å²) in [4.78, 5) is 17.2. The minimum absolute atomic E-state index is 0.131. The number of methoxy groups -OCH3 is 2. The number of rotatable bonds is 13. The van der Waals surface area contributed by atoms with Crippen LogP contribution in [-0.4, -0.2) is 80.2 Å². The summed E-state index contributed by atoms with van der Waals surface area (Å²) in [7, 11) is 0.212. The van der Waals surface area contributed by atoms with Crippen LogP contribution in [-0.2, 0) is 16.3 Å². The van der Waals surface area contributed by atoms with E-state index in [0.29, 0.717) is 67.7 Å². The number of sulfone groups is 1. The zero-order valence-corrected chi connectivity index (χ0v) is 29.2. The van der Waals surface area contributed by atoms with Crippen LogP contribution < -0.4 is 19.5 Å². The molecular formula is C36H38FN5O5S2. The SMILES string of the molecule is COc1cc(OC)cc(-c2nc(Cc3ccccc3)sc2-c2ccnc(Nc3ccc(OC4CCN(CCS(C)(=O)=O)CC4)c(F)c3)n2)c1. The third-order valence-electron chi connectivity index (χ3n) is 8.18. The summed E-state index contributed by atoms with van der Waals surface area (Å²) < 4.78 is 55.3. The quantitative estimate of drug-likeness (QED) is 0.143. The maximum atomic E-state index is 15.2. The molecule has 1 N–H and O–H groups in total. The number of thiazole rings is 1. The number of likely N-dealkylation sites (tertiary alicyclic amines) is 1. The molecular weight excluding hydrogens is 666 g/mol. The number of nitrogens with one attached hydrogen (secondary N) is 1. The molecule has 0 saturated carbocycles. The van der Waals surface area contributed by atoms with E-state index in [-0.39, 0.29) is 17.6 Å². The van der Waals surface area contributed by atoms with E-state index >= 15 is 4.39 Å². The summed E-state index contributed by atoms with van der Waals surface area (Å²) in [5.74, 6) is 1.40. The van der Waals surface area contributed by atoms with E-state index in [1.54, 1.807) is 43.9 Å². The molecule has 3 heterocycles. The van der Waals surface area contributed by atoms with Crippen LogP contribution in [0.4, 0.5) is 16.0 Å².